The Bertz CT molecular complexity index is 62.2. The van der Waals surface area contributed by atoms with Gasteiger partial charge >= 0.3 is 0 Å². The topological polar surface area (TPSA) is 3.24 Å². The van der Waals surface area contributed by atoms with E-state index in [4.69, 9.17) is 0 Å². The lowest BCUT2D eigenvalue weighted by molar-refractivity contribution is 0.229. The minimum absolute atomic E-state index is 1.32. The highest BCUT2D eigenvalue weighted by atomic mass is 15.1. The van der Waals surface area contributed by atoms with Gasteiger partial charge in [0.05, 0.1) is 0 Å². The molecule has 0 spiro atoms. The third-order valence-corrected chi connectivity index (χ3v) is 1.99. The summed E-state index contributed by atoms with van der Waals surface area (Å²) in [6.07, 6.45) is 5.64. The quantitative estimate of drug-likeness (QED) is 0.547. The molecule has 0 saturated carbocycles. The van der Waals surface area contributed by atoms with Gasteiger partial charge in [-0.05, 0) is 38.9 Å². The summed E-state index contributed by atoms with van der Waals surface area (Å²) in [5, 5.41) is 0. The van der Waals surface area contributed by atoms with Crippen molar-refractivity contribution >= 4 is 0 Å². The van der Waals surface area contributed by atoms with Crippen molar-refractivity contribution in [2.45, 2.75) is 32.6 Å². The molecule has 54 valence electrons. The van der Waals surface area contributed by atoms with Crippen LogP contribution in [0.1, 0.15) is 32.6 Å². The fourth-order valence-electron chi connectivity index (χ4n) is 1.50. The Morgan fingerprint density at radius 3 is 2.33 bits per heavy atom. The zero-order valence-electron chi connectivity index (χ0n) is 6.40. The van der Waals surface area contributed by atoms with Gasteiger partial charge in [-0.1, -0.05) is 13.3 Å². The molecule has 1 rings (SSSR count). The molecule has 1 aliphatic heterocycles. The average molecular weight is 127 g/mol. The van der Waals surface area contributed by atoms with Crippen molar-refractivity contribution in [3.63, 3.8) is 0 Å². The monoisotopic (exact) mass is 127 g/mol. The number of rotatable bonds is 2. The van der Waals surface area contributed by atoms with Gasteiger partial charge in [0.25, 0.3) is 0 Å². The van der Waals surface area contributed by atoms with Crippen LogP contribution in [0.5, 0.6) is 0 Å². The molecule has 0 aromatic carbocycles. The molecular formula is C8H17N. The maximum atomic E-state index is 2.57. The maximum Gasteiger partial charge on any atom is -0.00187 e. The average Bonchev–Trinajstić information content (AvgIpc) is 1.91. The van der Waals surface area contributed by atoms with E-state index in [2.05, 4.69) is 11.8 Å². The Morgan fingerprint density at radius 1 is 1.11 bits per heavy atom. The van der Waals surface area contributed by atoms with Crippen LogP contribution in [0.25, 0.3) is 0 Å². The molecule has 0 aromatic heterocycles. The Labute approximate surface area is 58.0 Å². The Hall–Kier alpha value is -0.0400. The van der Waals surface area contributed by atoms with Crippen molar-refractivity contribution in [3.05, 3.63) is 0 Å². The number of likely N-dealkylation sites (tertiary alicyclic amines) is 1. The summed E-state index contributed by atoms with van der Waals surface area (Å²) in [5.41, 5.74) is 0. The molecule has 1 aliphatic rings. The van der Waals surface area contributed by atoms with Crippen molar-refractivity contribution in [1.29, 1.82) is 0 Å². The Kier molecular flexibility index (Phi) is 3.05. The van der Waals surface area contributed by atoms with Gasteiger partial charge in [0.2, 0.25) is 0 Å². The van der Waals surface area contributed by atoms with E-state index in [0.717, 1.165) is 0 Å². The number of nitrogens with zero attached hydrogens (tertiary/aromatic N) is 1. The molecule has 1 heteroatoms. The van der Waals surface area contributed by atoms with Gasteiger partial charge in [0.15, 0.2) is 0 Å². The first-order valence-corrected chi connectivity index (χ1v) is 4.16. The van der Waals surface area contributed by atoms with E-state index in [1.807, 2.05) is 0 Å². The first kappa shape index (κ1) is 7.07. The highest BCUT2D eigenvalue weighted by Crippen LogP contribution is 2.07. The molecule has 0 bridgehead atoms. The zero-order chi connectivity index (χ0) is 6.53. The molecule has 0 aromatic rings. The molecule has 0 atom stereocenters. The molecule has 1 fully saturated rings. The number of hydrogen-bond donors (Lipinski definition) is 0. The molecule has 0 N–H and O–H groups in total. The second-order valence-corrected chi connectivity index (χ2v) is 2.90. The normalized spacial score (nSPS) is 22.3. The van der Waals surface area contributed by atoms with Crippen LogP contribution in [-0.4, -0.2) is 24.5 Å². The van der Waals surface area contributed by atoms with Crippen LogP contribution in [0, 0.1) is 0 Å². The standard InChI is InChI=1S/C8H17N/c1-2-6-9-7-4-3-5-8-9/h2-8H2,1H3. The summed E-state index contributed by atoms with van der Waals surface area (Å²) in [7, 11) is 0. The lowest BCUT2D eigenvalue weighted by Gasteiger charge is -2.25. The van der Waals surface area contributed by atoms with E-state index >= 15 is 0 Å². The molecule has 0 radical (unpaired) electrons. The van der Waals surface area contributed by atoms with Gasteiger partial charge < -0.3 is 4.90 Å². The third-order valence-electron chi connectivity index (χ3n) is 1.99. The third kappa shape index (κ3) is 2.35. The highest BCUT2D eigenvalue weighted by Gasteiger charge is 2.07. The van der Waals surface area contributed by atoms with Crippen molar-refractivity contribution in [2.24, 2.45) is 0 Å². The number of hydrogen-bond acceptors (Lipinski definition) is 1. The predicted octanol–water partition coefficient (Wildman–Crippen LogP) is 1.88. The van der Waals surface area contributed by atoms with Crippen LogP contribution in [-0.2, 0) is 0 Å². The summed E-state index contributed by atoms with van der Waals surface area (Å²) in [6.45, 7) is 6.29. The van der Waals surface area contributed by atoms with Gasteiger partial charge in [0.1, 0.15) is 0 Å². The molecule has 1 nitrogen and oxygen atoms in total. The van der Waals surface area contributed by atoms with Gasteiger partial charge in [0, 0.05) is 0 Å². The number of piperidine rings is 1. The van der Waals surface area contributed by atoms with Gasteiger partial charge in [-0.2, -0.15) is 0 Å². The Morgan fingerprint density at radius 2 is 1.78 bits per heavy atom. The summed E-state index contributed by atoms with van der Waals surface area (Å²) in [4.78, 5) is 2.57. The van der Waals surface area contributed by atoms with Crippen molar-refractivity contribution < 1.29 is 0 Å². The van der Waals surface area contributed by atoms with Gasteiger partial charge in [-0.3, -0.25) is 0 Å². The maximum absolute atomic E-state index is 2.57. The minimum atomic E-state index is 1.32. The van der Waals surface area contributed by atoms with E-state index < -0.39 is 0 Å². The van der Waals surface area contributed by atoms with E-state index in [1.165, 1.54) is 45.3 Å². The van der Waals surface area contributed by atoms with E-state index in [-0.39, 0.29) is 0 Å². The van der Waals surface area contributed by atoms with E-state index in [0.29, 0.717) is 0 Å². The van der Waals surface area contributed by atoms with Crippen LogP contribution in [0.15, 0.2) is 0 Å². The van der Waals surface area contributed by atoms with Crippen molar-refractivity contribution in [1.82, 2.24) is 4.90 Å². The van der Waals surface area contributed by atoms with Crippen LogP contribution < -0.4 is 0 Å². The summed E-state index contributed by atoms with van der Waals surface area (Å²) in [6, 6.07) is 0. The Balaban J connectivity index is 2.08. The molecule has 1 heterocycles. The lowest BCUT2D eigenvalue weighted by Crippen LogP contribution is -2.30. The zero-order valence-corrected chi connectivity index (χ0v) is 6.40. The first-order chi connectivity index (χ1) is 4.43. The van der Waals surface area contributed by atoms with Crippen LogP contribution >= 0.6 is 0 Å². The second kappa shape index (κ2) is 3.89. The summed E-state index contributed by atoms with van der Waals surface area (Å²) in [5.74, 6) is 0. The summed E-state index contributed by atoms with van der Waals surface area (Å²) < 4.78 is 0. The van der Waals surface area contributed by atoms with Gasteiger partial charge in [-0.25, -0.2) is 0 Å². The van der Waals surface area contributed by atoms with Crippen molar-refractivity contribution in [2.75, 3.05) is 19.6 Å². The molecular weight excluding hydrogens is 110 g/mol. The van der Waals surface area contributed by atoms with Crippen molar-refractivity contribution in [3.8, 4) is 0 Å². The summed E-state index contributed by atoms with van der Waals surface area (Å²) >= 11 is 0. The second-order valence-electron chi connectivity index (χ2n) is 2.90. The SMILES string of the molecule is CCCN1CCCCC1. The van der Waals surface area contributed by atoms with Crippen LogP contribution in [0.4, 0.5) is 0 Å². The van der Waals surface area contributed by atoms with Crippen LogP contribution in [0.2, 0.25) is 0 Å². The molecule has 1 saturated heterocycles. The van der Waals surface area contributed by atoms with Crippen LogP contribution in [0.3, 0.4) is 0 Å². The highest BCUT2D eigenvalue weighted by molar-refractivity contribution is 4.62. The van der Waals surface area contributed by atoms with Gasteiger partial charge in [-0.15, -0.1) is 0 Å². The molecule has 9 heavy (non-hydrogen) atoms. The lowest BCUT2D eigenvalue weighted by atomic mass is 10.1. The van der Waals surface area contributed by atoms with E-state index in [9.17, 15) is 0 Å². The molecule has 0 aliphatic carbocycles. The largest absolute Gasteiger partial charge is 0.303 e. The first-order valence-electron chi connectivity index (χ1n) is 4.16. The molecule has 0 amide bonds. The predicted molar refractivity (Wildman–Crippen MR) is 40.6 cm³/mol. The van der Waals surface area contributed by atoms with E-state index in [1.54, 1.807) is 0 Å². The fourth-order valence-corrected chi connectivity index (χ4v) is 1.50. The smallest absolute Gasteiger partial charge is 0.00187 e. The molecule has 0 unspecified atom stereocenters. The fraction of sp³-hybridized carbons (Fsp3) is 1.00. The minimum Gasteiger partial charge on any atom is -0.303 e.